The summed E-state index contributed by atoms with van der Waals surface area (Å²) in [7, 11) is 1.59. The zero-order chi connectivity index (χ0) is 13.8. The van der Waals surface area contributed by atoms with Crippen molar-refractivity contribution in [3.05, 3.63) is 46.7 Å². The van der Waals surface area contributed by atoms with Gasteiger partial charge in [-0.15, -0.1) is 0 Å². The van der Waals surface area contributed by atoms with Crippen molar-refractivity contribution in [3.63, 3.8) is 0 Å². The van der Waals surface area contributed by atoms with E-state index in [4.69, 9.17) is 21.6 Å². The Bertz CT molecular complexity index is 632. The van der Waals surface area contributed by atoms with Gasteiger partial charge in [0, 0.05) is 11.1 Å². The molecule has 0 bridgehead atoms. The highest BCUT2D eigenvalue weighted by Gasteiger charge is 2.07. The highest BCUT2D eigenvalue weighted by Crippen LogP contribution is 2.32. The Balaban J connectivity index is 2.32. The minimum Gasteiger partial charge on any atom is -0.495 e. The average Bonchev–Trinajstić information content (AvgIpc) is 2.43. The zero-order valence-electron chi connectivity index (χ0n) is 10.6. The number of methoxy groups -OCH3 is 1. The van der Waals surface area contributed by atoms with Gasteiger partial charge in [0.15, 0.2) is 0 Å². The first-order valence-electron chi connectivity index (χ1n) is 5.61. The van der Waals surface area contributed by atoms with Crippen LogP contribution in [0.3, 0.4) is 0 Å². The van der Waals surface area contributed by atoms with Gasteiger partial charge in [-0.1, -0.05) is 11.6 Å². The van der Waals surface area contributed by atoms with E-state index < -0.39 is 0 Å². The molecule has 0 aliphatic carbocycles. The monoisotopic (exact) mass is 273 g/mol. The van der Waals surface area contributed by atoms with Gasteiger partial charge in [0.1, 0.15) is 17.5 Å². The average molecular weight is 274 g/mol. The molecule has 2 rings (SSSR count). The predicted molar refractivity (Wildman–Crippen MR) is 75.0 cm³/mol. The zero-order valence-corrected chi connectivity index (χ0v) is 11.3. The lowest BCUT2D eigenvalue weighted by Gasteiger charge is -2.12. The van der Waals surface area contributed by atoms with Crippen LogP contribution in [0, 0.1) is 18.3 Å². The van der Waals surface area contributed by atoms with E-state index in [1.54, 1.807) is 31.5 Å². The molecule has 1 heterocycles. The maximum atomic E-state index is 8.70. The molecule has 1 N–H and O–H groups in total. The highest BCUT2D eigenvalue weighted by atomic mass is 35.5. The van der Waals surface area contributed by atoms with Gasteiger partial charge in [-0.3, -0.25) is 0 Å². The first kappa shape index (κ1) is 13.2. The molecule has 0 unspecified atom stereocenters. The van der Waals surface area contributed by atoms with Crippen molar-refractivity contribution in [3.8, 4) is 11.8 Å². The number of nitrogens with one attached hydrogen (secondary N) is 1. The van der Waals surface area contributed by atoms with E-state index in [2.05, 4.69) is 10.3 Å². The Morgan fingerprint density at radius 2 is 2.16 bits per heavy atom. The van der Waals surface area contributed by atoms with Gasteiger partial charge in [0.05, 0.1) is 24.7 Å². The number of ether oxygens (including phenoxy) is 1. The van der Waals surface area contributed by atoms with Crippen LogP contribution in [0.2, 0.25) is 5.02 Å². The summed E-state index contributed by atoms with van der Waals surface area (Å²) in [4.78, 5) is 4.00. The first-order valence-corrected chi connectivity index (χ1v) is 5.99. The van der Waals surface area contributed by atoms with E-state index in [-0.39, 0.29) is 0 Å². The maximum absolute atomic E-state index is 8.70. The normalized spacial score (nSPS) is 9.79. The van der Waals surface area contributed by atoms with Crippen LogP contribution in [0.5, 0.6) is 5.75 Å². The molecule has 19 heavy (non-hydrogen) atoms. The van der Waals surface area contributed by atoms with Gasteiger partial charge in [0.25, 0.3) is 0 Å². The molecule has 0 atom stereocenters. The van der Waals surface area contributed by atoms with Gasteiger partial charge in [0.2, 0.25) is 0 Å². The molecular formula is C14H12ClN3O. The van der Waals surface area contributed by atoms with E-state index in [0.717, 1.165) is 16.9 Å². The Morgan fingerprint density at radius 1 is 1.37 bits per heavy atom. The van der Waals surface area contributed by atoms with Crippen LogP contribution in [0.25, 0.3) is 0 Å². The summed E-state index contributed by atoms with van der Waals surface area (Å²) in [6.45, 7) is 1.92. The third kappa shape index (κ3) is 2.95. The molecule has 0 spiro atoms. The summed E-state index contributed by atoms with van der Waals surface area (Å²) >= 11 is 6.05. The number of nitrogens with zero attached hydrogens (tertiary/aromatic N) is 2. The van der Waals surface area contributed by atoms with Crippen LogP contribution in [0.15, 0.2) is 30.5 Å². The smallest absolute Gasteiger partial charge is 0.143 e. The summed E-state index contributed by atoms with van der Waals surface area (Å²) in [5, 5.41) is 12.5. The van der Waals surface area contributed by atoms with Crippen LogP contribution in [0.1, 0.15) is 11.3 Å². The fourth-order valence-electron chi connectivity index (χ4n) is 1.62. The maximum Gasteiger partial charge on any atom is 0.143 e. The molecule has 0 radical (unpaired) electrons. The Labute approximate surface area is 116 Å². The molecule has 0 aliphatic heterocycles. The summed E-state index contributed by atoms with van der Waals surface area (Å²) in [6.07, 6.45) is 1.60. The number of rotatable bonds is 3. The fraction of sp³-hybridized carbons (Fsp3) is 0.143. The second-order valence-electron chi connectivity index (χ2n) is 3.97. The lowest BCUT2D eigenvalue weighted by Crippen LogP contribution is -1.96. The minimum atomic E-state index is 0.379. The van der Waals surface area contributed by atoms with Crippen LogP contribution < -0.4 is 10.1 Å². The van der Waals surface area contributed by atoms with Crippen molar-refractivity contribution in [2.45, 2.75) is 6.92 Å². The summed E-state index contributed by atoms with van der Waals surface area (Å²) < 4.78 is 5.28. The number of aryl methyl sites for hydroxylation is 1. The number of aromatic nitrogens is 1. The molecule has 0 saturated heterocycles. The second-order valence-corrected chi connectivity index (χ2v) is 4.38. The third-order valence-corrected chi connectivity index (χ3v) is 3.04. The SMILES string of the molecule is COc1cc(Cl)c(C)cc1Nc1ccc(C#N)nc1. The number of nitriles is 1. The van der Waals surface area contributed by atoms with Crippen molar-refractivity contribution in [2.24, 2.45) is 0 Å². The van der Waals surface area contributed by atoms with E-state index in [0.29, 0.717) is 16.5 Å². The molecule has 2 aromatic rings. The molecule has 0 amide bonds. The van der Waals surface area contributed by atoms with Crippen LogP contribution in [-0.4, -0.2) is 12.1 Å². The molecule has 1 aromatic carbocycles. The van der Waals surface area contributed by atoms with Crippen molar-refractivity contribution in [1.29, 1.82) is 5.26 Å². The molecule has 0 fully saturated rings. The van der Waals surface area contributed by atoms with Crippen molar-refractivity contribution in [1.82, 2.24) is 4.98 Å². The largest absolute Gasteiger partial charge is 0.495 e. The molecule has 96 valence electrons. The number of hydrogen-bond acceptors (Lipinski definition) is 4. The first-order chi connectivity index (χ1) is 9.13. The van der Waals surface area contributed by atoms with E-state index in [1.165, 1.54) is 0 Å². The molecule has 4 nitrogen and oxygen atoms in total. The Kier molecular flexibility index (Phi) is 3.88. The van der Waals surface area contributed by atoms with Crippen LogP contribution in [-0.2, 0) is 0 Å². The standard InChI is InChI=1S/C14H12ClN3O/c1-9-5-13(14(19-2)6-12(9)15)18-11-4-3-10(7-16)17-8-11/h3-6,8,18H,1-2H3. The van der Waals surface area contributed by atoms with Crippen molar-refractivity contribution < 1.29 is 4.74 Å². The van der Waals surface area contributed by atoms with Gasteiger partial charge in [-0.05, 0) is 30.7 Å². The molecule has 1 aromatic heterocycles. The van der Waals surface area contributed by atoms with Gasteiger partial charge in [-0.2, -0.15) is 5.26 Å². The summed E-state index contributed by atoms with van der Waals surface area (Å²) in [5.41, 5.74) is 2.91. The topological polar surface area (TPSA) is 57.9 Å². The van der Waals surface area contributed by atoms with Gasteiger partial charge in [-0.25, -0.2) is 4.98 Å². The van der Waals surface area contributed by atoms with Crippen molar-refractivity contribution >= 4 is 23.0 Å². The van der Waals surface area contributed by atoms with Crippen LogP contribution in [0.4, 0.5) is 11.4 Å². The highest BCUT2D eigenvalue weighted by molar-refractivity contribution is 6.31. The Morgan fingerprint density at radius 3 is 2.74 bits per heavy atom. The minimum absolute atomic E-state index is 0.379. The second kappa shape index (κ2) is 5.59. The van der Waals surface area contributed by atoms with Gasteiger partial charge < -0.3 is 10.1 Å². The van der Waals surface area contributed by atoms with E-state index in [9.17, 15) is 0 Å². The lowest BCUT2D eigenvalue weighted by atomic mass is 10.2. The molecule has 0 saturated carbocycles. The summed E-state index contributed by atoms with van der Waals surface area (Å²) in [5.74, 6) is 0.653. The molecular weight excluding hydrogens is 262 g/mol. The number of hydrogen-bond donors (Lipinski definition) is 1. The van der Waals surface area contributed by atoms with Crippen LogP contribution >= 0.6 is 11.6 Å². The van der Waals surface area contributed by atoms with E-state index >= 15 is 0 Å². The quantitative estimate of drug-likeness (QED) is 0.927. The predicted octanol–water partition coefficient (Wildman–Crippen LogP) is 3.67. The third-order valence-electron chi connectivity index (χ3n) is 2.64. The Hall–Kier alpha value is -2.25. The van der Waals surface area contributed by atoms with E-state index in [1.807, 2.05) is 19.1 Å². The fourth-order valence-corrected chi connectivity index (χ4v) is 1.77. The number of benzene rings is 1. The van der Waals surface area contributed by atoms with Crippen molar-refractivity contribution in [2.75, 3.05) is 12.4 Å². The number of pyridine rings is 1. The lowest BCUT2D eigenvalue weighted by molar-refractivity contribution is 0.417. The van der Waals surface area contributed by atoms with Gasteiger partial charge >= 0.3 is 0 Å². The molecule has 0 aliphatic rings. The summed E-state index contributed by atoms with van der Waals surface area (Å²) in [6, 6.07) is 9.08. The number of anilines is 2. The number of halogens is 1. The molecule has 5 heteroatoms.